The zero-order valence-corrected chi connectivity index (χ0v) is 16.1. The lowest BCUT2D eigenvalue weighted by molar-refractivity contribution is -0.135. The second-order valence-corrected chi connectivity index (χ2v) is 8.51. The largest absolute Gasteiger partial charge is 0.342 e. The number of carbonyl (C=O) groups is 2. The van der Waals surface area contributed by atoms with Gasteiger partial charge in [0.2, 0.25) is 11.8 Å². The minimum absolute atomic E-state index is 0.0330. The molecule has 0 bridgehead atoms. The molecule has 4 nitrogen and oxygen atoms in total. The summed E-state index contributed by atoms with van der Waals surface area (Å²) < 4.78 is 0. The fourth-order valence-electron chi connectivity index (χ4n) is 4.19. The van der Waals surface area contributed by atoms with Crippen molar-refractivity contribution in [3.8, 4) is 0 Å². The smallest absolute Gasteiger partial charge is 0.230 e. The predicted octanol–water partition coefficient (Wildman–Crippen LogP) is 3.14. The first-order valence-corrected chi connectivity index (χ1v) is 10.4. The van der Waals surface area contributed by atoms with Gasteiger partial charge in [0.15, 0.2) is 0 Å². The van der Waals surface area contributed by atoms with Gasteiger partial charge in [-0.25, -0.2) is 0 Å². The highest BCUT2D eigenvalue weighted by atomic mass is 32.2. The highest BCUT2D eigenvalue weighted by molar-refractivity contribution is 7.99. The Morgan fingerprint density at radius 1 is 1.24 bits per heavy atom. The maximum Gasteiger partial charge on any atom is 0.230 e. The molecule has 0 radical (unpaired) electrons. The molecule has 0 aliphatic carbocycles. The summed E-state index contributed by atoms with van der Waals surface area (Å²) in [4.78, 5) is 29.1. The van der Waals surface area contributed by atoms with Crippen LogP contribution < -0.4 is 0 Å². The van der Waals surface area contributed by atoms with E-state index < -0.39 is 0 Å². The summed E-state index contributed by atoms with van der Waals surface area (Å²) in [7, 11) is 1.95. The van der Waals surface area contributed by atoms with Gasteiger partial charge in [-0.2, -0.15) is 11.8 Å². The van der Waals surface area contributed by atoms with Crippen molar-refractivity contribution in [3.05, 3.63) is 35.9 Å². The second kappa shape index (κ2) is 7.81. The van der Waals surface area contributed by atoms with Crippen molar-refractivity contribution in [2.75, 3.05) is 31.6 Å². The Hall–Kier alpha value is -1.49. The lowest BCUT2D eigenvalue weighted by Crippen LogP contribution is -2.52. The van der Waals surface area contributed by atoms with E-state index in [2.05, 4.69) is 19.1 Å². The van der Waals surface area contributed by atoms with Crippen molar-refractivity contribution < 1.29 is 9.59 Å². The van der Waals surface area contributed by atoms with Crippen molar-refractivity contribution in [1.82, 2.24) is 9.80 Å². The maximum absolute atomic E-state index is 12.8. The van der Waals surface area contributed by atoms with Gasteiger partial charge < -0.3 is 9.80 Å². The van der Waals surface area contributed by atoms with Crippen molar-refractivity contribution in [2.24, 2.45) is 0 Å². The lowest BCUT2D eigenvalue weighted by Gasteiger charge is -2.43. The minimum Gasteiger partial charge on any atom is -0.342 e. The van der Waals surface area contributed by atoms with Gasteiger partial charge in [0.05, 0.1) is 5.92 Å². The molecule has 2 aliphatic rings. The summed E-state index contributed by atoms with van der Waals surface area (Å²) in [5.41, 5.74) is 1.04. The number of hydrogen-bond acceptors (Lipinski definition) is 3. The van der Waals surface area contributed by atoms with Crippen LogP contribution in [0.1, 0.15) is 44.1 Å². The molecule has 1 atom stereocenters. The van der Waals surface area contributed by atoms with Gasteiger partial charge in [0, 0.05) is 37.8 Å². The van der Waals surface area contributed by atoms with E-state index in [1.54, 1.807) is 0 Å². The van der Waals surface area contributed by atoms with Gasteiger partial charge in [-0.1, -0.05) is 37.3 Å². The molecule has 1 aromatic rings. The fourth-order valence-corrected chi connectivity index (χ4v) is 4.80. The van der Waals surface area contributed by atoms with Gasteiger partial charge in [0.25, 0.3) is 0 Å². The van der Waals surface area contributed by atoms with Gasteiger partial charge in [0.1, 0.15) is 0 Å². The highest BCUT2D eigenvalue weighted by Gasteiger charge is 2.50. The molecule has 1 aromatic carbocycles. The standard InChI is InChI=1S/C20H28N2O2S/c1-3-25-14-9-18(23)22-12-10-20(11-13-22)15-17(19(24)21(20)2)16-7-5-4-6-8-16/h4-8,17H,3,9-15H2,1-2H3. The first-order valence-electron chi connectivity index (χ1n) is 9.25. The molecule has 2 saturated heterocycles. The van der Waals surface area contributed by atoms with E-state index in [0.717, 1.165) is 49.4 Å². The monoisotopic (exact) mass is 360 g/mol. The summed E-state index contributed by atoms with van der Waals surface area (Å²) in [6.45, 7) is 3.67. The average Bonchev–Trinajstić information content (AvgIpc) is 2.88. The summed E-state index contributed by atoms with van der Waals surface area (Å²) in [6.07, 6.45) is 3.30. The van der Waals surface area contributed by atoms with Gasteiger partial charge in [-0.05, 0) is 30.6 Å². The van der Waals surface area contributed by atoms with Crippen molar-refractivity contribution in [2.45, 2.75) is 44.1 Å². The number of likely N-dealkylation sites (tertiary alicyclic amines) is 2. The van der Waals surface area contributed by atoms with Crippen molar-refractivity contribution in [3.63, 3.8) is 0 Å². The minimum atomic E-state index is -0.0768. The zero-order valence-electron chi connectivity index (χ0n) is 15.2. The van der Waals surface area contributed by atoms with Crippen LogP contribution in [0, 0.1) is 0 Å². The van der Waals surface area contributed by atoms with Crippen molar-refractivity contribution in [1.29, 1.82) is 0 Å². The Morgan fingerprint density at radius 2 is 1.92 bits per heavy atom. The van der Waals surface area contributed by atoms with Crippen LogP contribution in [0.2, 0.25) is 0 Å². The topological polar surface area (TPSA) is 40.6 Å². The first-order chi connectivity index (χ1) is 12.1. The third-order valence-corrected chi connectivity index (χ3v) is 6.74. The molecule has 2 amide bonds. The number of thioether (sulfide) groups is 1. The number of piperidine rings is 1. The Bertz CT molecular complexity index is 611. The van der Waals surface area contributed by atoms with Crippen molar-refractivity contribution >= 4 is 23.6 Å². The fraction of sp³-hybridized carbons (Fsp3) is 0.600. The molecule has 2 aliphatic heterocycles. The number of likely N-dealkylation sites (N-methyl/N-ethyl adjacent to an activating group) is 1. The number of rotatable bonds is 5. The molecular formula is C20H28N2O2S. The van der Waals surface area contributed by atoms with Gasteiger partial charge >= 0.3 is 0 Å². The van der Waals surface area contributed by atoms with E-state index in [9.17, 15) is 9.59 Å². The normalized spacial score (nSPS) is 22.6. The van der Waals surface area contributed by atoms with Crippen LogP contribution in [0.4, 0.5) is 0 Å². The third kappa shape index (κ3) is 3.71. The number of hydrogen-bond donors (Lipinski definition) is 0. The second-order valence-electron chi connectivity index (χ2n) is 7.12. The Morgan fingerprint density at radius 3 is 2.56 bits per heavy atom. The molecule has 0 N–H and O–H groups in total. The quantitative estimate of drug-likeness (QED) is 0.758. The molecule has 3 rings (SSSR count). The van der Waals surface area contributed by atoms with Crippen LogP contribution in [0.3, 0.4) is 0 Å². The maximum atomic E-state index is 12.8. The molecule has 5 heteroatoms. The SMILES string of the molecule is CCSCCC(=O)N1CCC2(CC1)CC(c1ccccc1)C(=O)N2C. The molecule has 0 aromatic heterocycles. The summed E-state index contributed by atoms with van der Waals surface area (Å²) in [6, 6.07) is 10.1. The molecule has 136 valence electrons. The summed E-state index contributed by atoms with van der Waals surface area (Å²) in [5.74, 6) is 2.43. The van der Waals surface area contributed by atoms with Crippen LogP contribution in [0.25, 0.3) is 0 Å². The molecule has 1 spiro atoms. The van der Waals surface area contributed by atoms with E-state index in [1.165, 1.54) is 0 Å². The first kappa shape index (κ1) is 18.3. The van der Waals surface area contributed by atoms with Crippen LogP contribution in [0.15, 0.2) is 30.3 Å². The molecule has 0 saturated carbocycles. The Kier molecular flexibility index (Phi) is 5.72. The van der Waals surface area contributed by atoms with E-state index >= 15 is 0 Å². The zero-order chi connectivity index (χ0) is 17.9. The van der Waals surface area contributed by atoms with Gasteiger partial charge in [-0.3, -0.25) is 9.59 Å². The van der Waals surface area contributed by atoms with Crippen LogP contribution in [-0.2, 0) is 9.59 Å². The van der Waals surface area contributed by atoms with Gasteiger partial charge in [-0.15, -0.1) is 0 Å². The van der Waals surface area contributed by atoms with Crippen LogP contribution in [-0.4, -0.2) is 58.8 Å². The Balaban J connectivity index is 1.62. The average molecular weight is 361 g/mol. The number of nitrogens with zero attached hydrogens (tertiary/aromatic N) is 2. The van der Waals surface area contributed by atoms with E-state index in [4.69, 9.17) is 0 Å². The highest BCUT2D eigenvalue weighted by Crippen LogP contribution is 2.44. The van der Waals surface area contributed by atoms with E-state index in [-0.39, 0.29) is 23.3 Å². The van der Waals surface area contributed by atoms with E-state index in [1.807, 2.05) is 46.8 Å². The Labute approximate surface area is 154 Å². The summed E-state index contributed by atoms with van der Waals surface area (Å²) >= 11 is 1.82. The molecular weight excluding hydrogens is 332 g/mol. The lowest BCUT2D eigenvalue weighted by atomic mass is 9.81. The third-order valence-electron chi connectivity index (χ3n) is 5.84. The molecule has 25 heavy (non-hydrogen) atoms. The number of amides is 2. The molecule has 1 unspecified atom stereocenters. The number of carbonyl (C=O) groups excluding carboxylic acids is 2. The van der Waals surface area contributed by atoms with Crippen LogP contribution >= 0.6 is 11.8 Å². The molecule has 2 fully saturated rings. The molecule has 2 heterocycles. The van der Waals surface area contributed by atoms with Crippen LogP contribution in [0.5, 0.6) is 0 Å². The number of benzene rings is 1. The summed E-state index contributed by atoms with van der Waals surface area (Å²) in [5, 5.41) is 0. The van der Waals surface area contributed by atoms with E-state index in [0.29, 0.717) is 6.42 Å². The predicted molar refractivity (Wildman–Crippen MR) is 103 cm³/mol.